The van der Waals surface area contributed by atoms with E-state index in [0.717, 1.165) is 0 Å². The third-order valence-electron chi connectivity index (χ3n) is 4.50. The summed E-state index contributed by atoms with van der Waals surface area (Å²) in [5, 5.41) is 23.3. The minimum absolute atomic E-state index is 0.0640. The van der Waals surface area contributed by atoms with Crippen LogP contribution in [-0.2, 0) is 0 Å². The Morgan fingerprint density at radius 1 is 1.37 bits per heavy atom. The monoisotopic (exact) mass is 380 g/mol. The fraction of sp³-hybridized carbons (Fsp3) is 0.467. The second kappa shape index (κ2) is 6.70. The van der Waals surface area contributed by atoms with Crippen LogP contribution in [0.5, 0.6) is 5.88 Å². The van der Waals surface area contributed by atoms with Crippen LogP contribution in [0.3, 0.4) is 0 Å². The average molecular weight is 380 g/mol. The van der Waals surface area contributed by atoms with E-state index in [-0.39, 0.29) is 11.9 Å². The molecule has 0 spiro atoms. The van der Waals surface area contributed by atoms with Crippen molar-refractivity contribution >= 4 is 22.8 Å². The summed E-state index contributed by atoms with van der Waals surface area (Å²) in [5.41, 5.74) is 5.85. The number of H-pyrrole nitrogens is 1. The molecule has 3 aromatic heterocycles. The predicted octanol–water partition coefficient (Wildman–Crippen LogP) is 1.66. The van der Waals surface area contributed by atoms with Crippen LogP contribution in [0.1, 0.15) is 31.7 Å². The molecule has 0 unspecified atom stereocenters. The molecule has 0 atom stereocenters. The van der Waals surface area contributed by atoms with Gasteiger partial charge in [-0.2, -0.15) is 13.9 Å². The fourth-order valence-electron chi connectivity index (χ4n) is 3.15. The lowest BCUT2D eigenvalue weighted by Gasteiger charge is -2.32. The lowest BCUT2D eigenvalue weighted by molar-refractivity contribution is -0.0528. The maximum atomic E-state index is 12.2. The van der Waals surface area contributed by atoms with E-state index in [9.17, 15) is 13.9 Å². The Morgan fingerprint density at radius 3 is 2.89 bits per heavy atom. The van der Waals surface area contributed by atoms with Crippen molar-refractivity contribution in [2.45, 2.75) is 44.1 Å². The second-order valence-corrected chi connectivity index (χ2v) is 6.51. The molecule has 4 rings (SSSR count). The van der Waals surface area contributed by atoms with Crippen molar-refractivity contribution in [3.05, 3.63) is 18.5 Å². The van der Waals surface area contributed by atoms with Crippen LogP contribution in [0.25, 0.3) is 11.2 Å². The lowest BCUT2D eigenvalue weighted by Crippen LogP contribution is -2.43. The van der Waals surface area contributed by atoms with E-state index in [2.05, 4.69) is 35.3 Å². The quantitative estimate of drug-likeness (QED) is 0.490. The number of anilines is 2. The van der Waals surface area contributed by atoms with Crippen molar-refractivity contribution in [3.8, 4) is 5.88 Å². The van der Waals surface area contributed by atoms with Crippen molar-refractivity contribution in [3.63, 3.8) is 0 Å². The van der Waals surface area contributed by atoms with Gasteiger partial charge >= 0.3 is 6.61 Å². The van der Waals surface area contributed by atoms with Crippen molar-refractivity contribution in [1.29, 1.82) is 0 Å². The van der Waals surface area contributed by atoms with Crippen LogP contribution in [0.2, 0.25) is 0 Å². The summed E-state index contributed by atoms with van der Waals surface area (Å²) >= 11 is 0. The molecule has 10 nitrogen and oxygen atoms in total. The van der Waals surface area contributed by atoms with Gasteiger partial charge < -0.3 is 20.9 Å². The normalized spacial score (nSPS) is 23.1. The standard InChI is InChI=1S/C15H18F2N8O2/c16-14(17)27-12-5-10(23-24-12)21-11-7-19-9-6-20-25(13(9)22-11)8-1-3-15(18,26)4-2-8/h5-8,14,26H,1-4,18H2,(H2,21,22,23,24). The van der Waals surface area contributed by atoms with Gasteiger partial charge in [-0.1, -0.05) is 0 Å². The van der Waals surface area contributed by atoms with Gasteiger partial charge in [0.25, 0.3) is 0 Å². The molecule has 1 fully saturated rings. The van der Waals surface area contributed by atoms with Gasteiger partial charge in [0.2, 0.25) is 5.88 Å². The summed E-state index contributed by atoms with van der Waals surface area (Å²) in [4.78, 5) is 8.82. The lowest BCUT2D eigenvalue weighted by atomic mass is 9.89. The van der Waals surface area contributed by atoms with E-state index in [1.165, 1.54) is 12.3 Å². The van der Waals surface area contributed by atoms with Crippen LogP contribution in [0, 0.1) is 0 Å². The first kappa shape index (κ1) is 17.5. The Morgan fingerprint density at radius 2 is 2.15 bits per heavy atom. The number of ether oxygens (including phenoxy) is 1. The largest absolute Gasteiger partial charge is 0.415 e. The van der Waals surface area contributed by atoms with Crippen molar-refractivity contribution in [2.75, 3.05) is 5.32 Å². The predicted molar refractivity (Wildman–Crippen MR) is 90.5 cm³/mol. The maximum absolute atomic E-state index is 12.2. The molecule has 3 aromatic rings. The molecule has 0 aliphatic heterocycles. The highest BCUT2D eigenvalue weighted by Crippen LogP contribution is 2.33. The zero-order valence-corrected chi connectivity index (χ0v) is 14.1. The Bertz CT molecular complexity index is 931. The smallest absolute Gasteiger partial charge is 0.388 e. The molecule has 0 saturated heterocycles. The maximum Gasteiger partial charge on any atom is 0.388 e. The summed E-state index contributed by atoms with van der Waals surface area (Å²) in [6, 6.07) is 1.35. The number of nitrogens with zero attached hydrogens (tertiary/aromatic N) is 5. The molecule has 27 heavy (non-hydrogen) atoms. The number of hydrogen-bond acceptors (Lipinski definition) is 8. The SMILES string of the molecule is NC1(O)CCC(n2ncc3ncc(Nc4cc(OC(F)F)n[nH]4)nc32)CC1. The number of fused-ring (bicyclic) bond motifs is 1. The molecule has 1 aliphatic carbocycles. The van der Waals surface area contributed by atoms with Gasteiger partial charge in [-0.05, 0) is 25.7 Å². The first-order chi connectivity index (χ1) is 12.9. The Hall–Kier alpha value is -2.86. The van der Waals surface area contributed by atoms with E-state index in [1.54, 1.807) is 10.9 Å². The second-order valence-electron chi connectivity index (χ2n) is 6.51. The number of aromatic amines is 1. The average Bonchev–Trinajstić information content (AvgIpc) is 3.21. The number of nitrogens with two attached hydrogens (primary N) is 1. The Kier molecular flexibility index (Phi) is 4.36. The summed E-state index contributed by atoms with van der Waals surface area (Å²) in [5.74, 6) is 0.488. The van der Waals surface area contributed by atoms with Crippen molar-refractivity contribution < 1.29 is 18.6 Å². The molecule has 0 bridgehead atoms. The molecule has 0 amide bonds. The number of aromatic nitrogens is 6. The molecule has 5 N–H and O–H groups in total. The molecule has 0 aromatic carbocycles. The Balaban J connectivity index is 1.54. The highest BCUT2D eigenvalue weighted by Gasteiger charge is 2.31. The van der Waals surface area contributed by atoms with Gasteiger partial charge in [-0.15, -0.1) is 5.10 Å². The molecule has 0 radical (unpaired) electrons. The van der Waals surface area contributed by atoms with Gasteiger partial charge in [0, 0.05) is 6.07 Å². The van der Waals surface area contributed by atoms with Crippen molar-refractivity contribution in [2.24, 2.45) is 5.73 Å². The summed E-state index contributed by atoms with van der Waals surface area (Å²) in [6.07, 6.45) is 5.44. The first-order valence-corrected chi connectivity index (χ1v) is 8.38. The van der Waals surface area contributed by atoms with Crippen molar-refractivity contribution in [1.82, 2.24) is 29.9 Å². The highest BCUT2D eigenvalue weighted by molar-refractivity contribution is 5.72. The van der Waals surface area contributed by atoms with E-state index < -0.39 is 12.3 Å². The number of alkyl halides is 2. The minimum atomic E-state index is -2.95. The van der Waals surface area contributed by atoms with E-state index >= 15 is 0 Å². The molecular weight excluding hydrogens is 362 g/mol. The topological polar surface area (TPSA) is 140 Å². The van der Waals surface area contributed by atoms with Gasteiger partial charge in [-0.3, -0.25) is 5.10 Å². The van der Waals surface area contributed by atoms with E-state index in [1.807, 2.05) is 0 Å². The van der Waals surface area contributed by atoms with Crippen LogP contribution in [-0.4, -0.2) is 47.4 Å². The van der Waals surface area contributed by atoms with Gasteiger partial charge in [0.05, 0.1) is 18.4 Å². The molecular formula is C15H18F2N8O2. The van der Waals surface area contributed by atoms with Crippen LogP contribution in [0.4, 0.5) is 20.4 Å². The number of aliphatic hydroxyl groups is 1. The minimum Gasteiger partial charge on any atom is -0.415 e. The Labute approximate surface area is 151 Å². The molecule has 12 heteroatoms. The number of halogens is 2. The van der Waals surface area contributed by atoms with Crippen LogP contribution < -0.4 is 15.8 Å². The molecule has 1 aliphatic rings. The molecule has 1 saturated carbocycles. The summed E-state index contributed by atoms with van der Waals surface area (Å²) < 4.78 is 30.4. The zero-order valence-electron chi connectivity index (χ0n) is 14.1. The van der Waals surface area contributed by atoms with Crippen LogP contribution >= 0.6 is 0 Å². The first-order valence-electron chi connectivity index (χ1n) is 8.38. The molecule has 144 valence electrons. The van der Waals surface area contributed by atoms with Gasteiger partial charge in [0.1, 0.15) is 17.1 Å². The third-order valence-corrected chi connectivity index (χ3v) is 4.50. The summed E-state index contributed by atoms with van der Waals surface area (Å²) in [7, 11) is 0. The van der Waals surface area contributed by atoms with E-state index in [0.29, 0.717) is 48.5 Å². The number of hydrogen-bond donors (Lipinski definition) is 4. The fourth-order valence-corrected chi connectivity index (χ4v) is 3.15. The number of rotatable bonds is 5. The van der Waals surface area contributed by atoms with Crippen LogP contribution in [0.15, 0.2) is 18.5 Å². The third kappa shape index (κ3) is 3.80. The zero-order chi connectivity index (χ0) is 19.0. The molecule has 3 heterocycles. The number of nitrogens with one attached hydrogen (secondary N) is 2. The summed E-state index contributed by atoms with van der Waals surface area (Å²) in [6.45, 7) is -2.95. The highest BCUT2D eigenvalue weighted by atomic mass is 19.3. The van der Waals surface area contributed by atoms with E-state index in [4.69, 9.17) is 5.73 Å². The van der Waals surface area contributed by atoms with Gasteiger partial charge in [-0.25, -0.2) is 14.6 Å². The van der Waals surface area contributed by atoms with Gasteiger partial charge in [0.15, 0.2) is 11.5 Å².